The van der Waals surface area contributed by atoms with Gasteiger partial charge in [-0.15, -0.1) is 11.8 Å². The fourth-order valence-corrected chi connectivity index (χ4v) is 2.73. The Balaban J connectivity index is 2.07. The Hall–Kier alpha value is -1.95. The van der Waals surface area contributed by atoms with Crippen LogP contribution in [0.2, 0.25) is 0 Å². The predicted molar refractivity (Wildman–Crippen MR) is 77.6 cm³/mol. The molecule has 0 spiro atoms. The zero-order valence-corrected chi connectivity index (χ0v) is 11.8. The van der Waals surface area contributed by atoms with Gasteiger partial charge in [0.1, 0.15) is 17.2 Å². The molecule has 2 aromatic heterocycles. The monoisotopic (exact) mass is 288 g/mol. The molecule has 6 heteroatoms. The van der Waals surface area contributed by atoms with E-state index in [-0.39, 0.29) is 5.82 Å². The van der Waals surface area contributed by atoms with Crippen molar-refractivity contribution in [3.8, 4) is 5.69 Å². The molecule has 0 atom stereocenters. The Morgan fingerprint density at radius 2 is 2.00 bits per heavy atom. The summed E-state index contributed by atoms with van der Waals surface area (Å²) < 4.78 is 14.7. The number of nitrogens with zero attached hydrogens (tertiary/aromatic N) is 4. The van der Waals surface area contributed by atoms with Crippen molar-refractivity contribution in [1.29, 1.82) is 0 Å². The highest BCUT2D eigenvalue weighted by atomic mass is 32.2. The van der Waals surface area contributed by atoms with E-state index in [0.29, 0.717) is 0 Å². The predicted octanol–water partition coefficient (Wildman–Crippen LogP) is 3.46. The van der Waals surface area contributed by atoms with E-state index in [1.54, 1.807) is 41.1 Å². The number of rotatable bonds is 4. The largest absolute Gasteiger partial charge is 0.229 e. The van der Waals surface area contributed by atoms with Crippen LogP contribution < -0.4 is 0 Å². The maximum atomic E-state index is 13.0. The standard InChI is InChI=1S/C14H13FN4S/c1-2-7-20-14-12-8-18-19(13(12)16-9-17-14)11-5-3-10(15)4-6-11/h3-6,8-9H,2,7H2,1H3. The van der Waals surface area contributed by atoms with Gasteiger partial charge in [0.25, 0.3) is 0 Å². The lowest BCUT2D eigenvalue weighted by Crippen LogP contribution is -1.98. The highest BCUT2D eigenvalue weighted by Crippen LogP contribution is 2.26. The van der Waals surface area contributed by atoms with Crippen LogP contribution in [-0.2, 0) is 0 Å². The number of thioether (sulfide) groups is 1. The molecule has 0 aliphatic heterocycles. The van der Waals surface area contributed by atoms with E-state index in [9.17, 15) is 4.39 Å². The van der Waals surface area contributed by atoms with Gasteiger partial charge in [0, 0.05) is 0 Å². The minimum absolute atomic E-state index is 0.265. The number of fused-ring (bicyclic) bond motifs is 1. The van der Waals surface area contributed by atoms with Gasteiger partial charge < -0.3 is 0 Å². The molecule has 0 saturated heterocycles. The van der Waals surface area contributed by atoms with Crippen molar-refractivity contribution in [2.45, 2.75) is 18.4 Å². The van der Waals surface area contributed by atoms with E-state index in [0.717, 1.165) is 33.9 Å². The van der Waals surface area contributed by atoms with Gasteiger partial charge in [-0.25, -0.2) is 19.0 Å². The molecule has 3 aromatic rings. The van der Waals surface area contributed by atoms with E-state index >= 15 is 0 Å². The SMILES string of the molecule is CCCSc1ncnc2c1cnn2-c1ccc(F)cc1. The van der Waals surface area contributed by atoms with Crippen molar-refractivity contribution in [2.75, 3.05) is 5.75 Å². The molecular formula is C14H13FN4S. The van der Waals surface area contributed by atoms with Gasteiger partial charge in [-0.05, 0) is 36.4 Å². The molecule has 0 unspecified atom stereocenters. The minimum atomic E-state index is -0.265. The van der Waals surface area contributed by atoms with Gasteiger partial charge in [0.05, 0.1) is 17.3 Å². The molecule has 0 saturated carbocycles. The summed E-state index contributed by atoms with van der Waals surface area (Å²) >= 11 is 1.70. The molecule has 0 amide bonds. The second kappa shape index (κ2) is 5.58. The Bertz CT molecular complexity index is 724. The van der Waals surface area contributed by atoms with Crippen LogP contribution in [0.3, 0.4) is 0 Å². The maximum Gasteiger partial charge on any atom is 0.167 e. The number of hydrogen-bond acceptors (Lipinski definition) is 4. The number of halogens is 1. The van der Waals surface area contributed by atoms with Crippen molar-refractivity contribution in [3.05, 3.63) is 42.6 Å². The lowest BCUT2D eigenvalue weighted by Gasteiger charge is -2.03. The smallest absolute Gasteiger partial charge is 0.167 e. The normalized spacial score (nSPS) is 11.1. The molecule has 0 N–H and O–H groups in total. The van der Waals surface area contributed by atoms with E-state index in [1.807, 2.05) is 0 Å². The zero-order chi connectivity index (χ0) is 13.9. The molecule has 20 heavy (non-hydrogen) atoms. The van der Waals surface area contributed by atoms with E-state index in [2.05, 4.69) is 22.0 Å². The van der Waals surface area contributed by atoms with Crippen LogP contribution in [0.4, 0.5) is 4.39 Å². The van der Waals surface area contributed by atoms with E-state index in [4.69, 9.17) is 0 Å². The summed E-state index contributed by atoms with van der Waals surface area (Å²) in [5.74, 6) is 0.743. The average molecular weight is 288 g/mol. The Kier molecular flexibility index (Phi) is 3.64. The second-order valence-electron chi connectivity index (χ2n) is 4.30. The highest BCUT2D eigenvalue weighted by molar-refractivity contribution is 7.99. The van der Waals surface area contributed by atoms with Crippen LogP contribution in [0.15, 0.2) is 41.8 Å². The summed E-state index contributed by atoms with van der Waals surface area (Å²) in [4.78, 5) is 8.60. The average Bonchev–Trinajstić information content (AvgIpc) is 2.90. The highest BCUT2D eigenvalue weighted by Gasteiger charge is 2.11. The third-order valence-electron chi connectivity index (χ3n) is 2.84. The third-order valence-corrected chi connectivity index (χ3v) is 4.05. The first kappa shape index (κ1) is 13.1. The molecule has 0 aliphatic carbocycles. The Morgan fingerprint density at radius 1 is 1.20 bits per heavy atom. The van der Waals surface area contributed by atoms with Crippen molar-refractivity contribution in [1.82, 2.24) is 19.7 Å². The number of hydrogen-bond donors (Lipinski definition) is 0. The van der Waals surface area contributed by atoms with E-state index < -0.39 is 0 Å². The van der Waals surface area contributed by atoms with Crippen LogP contribution in [0, 0.1) is 5.82 Å². The van der Waals surface area contributed by atoms with Gasteiger partial charge in [0.15, 0.2) is 5.65 Å². The fourth-order valence-electron chi connectivity index (χ4n) is 1.91. The van der Waals surface area contributed by atoms with Crippen molar-refractivity contribution < 1.29 is 4.39 Å². The first-order valence-electron chi connectivity index (χ1n) is 6.37. The maximum absolute atomic E-state index is 13.0. The Labute approximate surface area is 120 Å². The van der Waals surface area contributed by atoms with Crippen molar-refractivity contribution in [2.24, 2.45) is 0 Å². The van der Waals surface area contributed by atoms with Gasteiger partial charge >= 0.3 is 0 Å². The second-order valence-corrected chi connectivity index (χ2v) is 5.38. The lowest BCUT2D eigenvalue weighted by molar-refractivity contribution is 0.627. The molecular weight excluding hydrogens is 275 g/mol. The summed E-state index contributed by atoms with van der Waals surface area (Å²) in [5, 5.41) is 6.20. The first-order chi connectivity index (χ1) is 9.79. The first-order valence-corrected chi connectivity index (χ1v) is 7.35. The van der Waals surface area contributed by atoms with Crippen LogP contribution in [0.25, 0.3) is 16.7 Å². The molecule has 0 aliphatic rings. The van der Waals surface area contributed by atoms with Gasteiger partial charge in [0.2, 0.25) is 0 Å². The summed E-state index contributed by atoms with van der Waals surface area (Å²) in [6.07, 6.45) is 4.39. The number of aromatic nitrogens is 4. The van der Waals surface area contributed by atoms with Crippen LogP contribution in [0.5, 0.6) is 0 Å². The molecule has 102 valence electrons. The number of benzene rings is 1. The minimum Gasteiger partial charge on any atom is -0.229 e. The molecule has 3 rings (SSSR count). The summed E-state index contributed by atoms with van der Waals surface area (Å²) in [7, 11) is 0. The van der Waals surface area contributed by atoms with E-state index in [1.165, 1.54) is 12.1 Å². The molecule has 4 nitrogen and oxygen atoms in total. The molecule has 0 bridgehead atoms. The summed E-state index contributed by atoms with van der Waals surface area (Å²) in [5.41, 5.74) is 1.52. The van der Waals surface area contributed by atoms with Crippen LogP contribution >= 0.6 is 11.8 Å². The fraction of sp³-hybridized carbons (Fsp3) is 0.214. The molecule has 1 aromatic carbocycles. The third kappa shape index (κ3) is 2.38. The molecule has 0 radical (unpaired) electrons. The van der Waals surface area contributed by atoms with Crippen LogP contribution in [0.1, 0.15) is 13.3 Å². The topological polar surface area (TPSA) is 43.6 Å². The zero-order valence-electron chi connectivity index (χ0n) is 11.0. The lowest BCUT2D eigenvalue weighted by atomic mass is 10.3. The van der Waals surface area contributed by atoms with Crippen molar-refractivity contribution in [3.63, 3.8) is 0 Å². The molecule has 0 fully saturated rings. The van der Waals surface area contributed by atoms with Crippen LogP contribution in [-0.4, -0.2) is 25.5 Å². The van der Waals surface area contributed by atoms with Gasteiger partial charge in [-0.1, -0.05) is 6.92 Å². The van der Waals surface area contributed by atoms with Gasteiger partial charge in [-0.3, -0.25) is 0 Å². The Morgan fingerprint density at radius 3 is 2.75 bits per heavy atom. The molecule has 2 heterocycles. The summed E-state index contributed by atoms with van der Waals surface area (Å²) in [6.45, 7) is 2.13. The summed E-state index contributed by atoms with van der Waals surface area (Å²) in [6, 6.07) is 6.19. The van der Waals surface area contributed by atoms with Gasteiger partial charge in [-0.2, -0.15) is 5.10 Å². The quantitative estimate of drug-likeness (QED) is 0.545. The van der Waals surface area contributed by atoms with Crippen molar-refractivity contribution >= 4 is 22.8 Å².